The summed E-state index contributed by atoms with van der Waals surface area (Å²) in [6.45, 7) is 3.49. The van der Waals surface area contributed by atoms with E-state index >= 15 is 0 Å². The lowest BCUT2D eigenvalue weighted by Gasteiger charge is -2.19. The zero-order chi connectivity index (χ0) is 19.8. The Kier molecular flexibility index (Phi) is 7.39. The van der Waals surface area contributed by atoms with Gasteiger partial charge >= 0.3 is 0 Å². The Morgan fingerprint density at radius 2 is 2.11 bits per heavy atom. The summed E-state index contributed by atoms with van der Waals surface area (Å²) in [5, 5.41) is 19.5. The quantitative estimate of drug-likeness (QED) is 0.459. The number of hydrogen-bond donors (Lipinski definition) is 4. The highest BCUT2D eigenvalue weighted by atomic mass is 32.1. The molecular weight excluding hydrogens is 374 g/mol. The maximum Gasteiger partial charge on any atom is 0.220 e. The second-order valence-electron chi connectivity index (χ2n) is 6.75. The molecule has 1 aliphatic rings. The summed E-state index contributed by atoms with van der Waals surface area (Å²) in [5.41, 5.74) is 1.11. The minimum absolute atomic E-state index is 0.0715. The molecule has 2 heterocycles. The van der Waals surface area contributed by atoms with E-state index in [2.05, 4.69) is 32.9 Å². The molecule has 0 radical (unpaired) electrons. The van der Waals surface area contributed by atoms with E-state index < -0.39 is 0 Å². The number of aliphatic hydroxyl groups excluding tert-OH is 1. The first-order chi connectivity index (χ1) is 13.7. The molecule has 28 heavy (non-hydrogen) atoms. The number of aliphatic hydroxyl groups is 1. The second-order valence-corrected chi connectivity index (χ2v) is 7.78. The van der Waals surface area contributed by atoms with Crippen molar-refractivity contribution in [1.29, 1.82) is 0 Å². The first kappa shape index (κ1) is 20.3. The number of aliphatic imine (C=N–C) groups is 1. The molecule has 0 saturated heterocycles. The van der Waals surface area contributed by atoms with Crippen molar-refractivity contribution in [2.24, 2.45) is 4.99 Å². The van der Waals surface area contributed by atoms with Gasteiger partial charge in [-0.1, -0.05) is 41.7 Å². The van der Waals surface area contributed by atoms with Gasteiger partial charge in [0, 0.05) is 25.9 Å². The molecule has 1 unspecified atom stereocenters. The Morgan fingerprint density at radius 1 is 1.29 bits per heavy atom. The number of aromatic nitrogens is 1. The molecule has 0 saturated carbocycles. The van der Waals surface area contributed by atoms with E-state index in [0.717, 1.165) is 46.6 Å². The predicted octanol–water partition coefficient (Wildman–Crippen LogP) is 3.12. The smallest absolute Gasteiger partial charge is 0.220 e. The molecule has 1 aromatic carbocycles. The van der Waals surface area contributed by atoms with E-state index in [1.165, 1.54) is 0 Å². The fourth-order valence-electron chi connectivity index (χ4n) is 2.96. The Bertz CT molecular complexity index is 806. The lowest BCUT2D eigenvalue weighted by Crippen LogP contribution is -2.29. The molecule has 4 N–H and O–H groups in total. The van der Waals surface area contributed by atoms with Crippen LogP contribution in [0.15, 0.2) is 35.3 Å². The van der Waals surface area contributed by atoms with Gasteiger partial charge in [0.2, 0.25) is 5.91 Å². The molecule has 150 valence electrons. The molecule has 0 bridgehead atoms. The number of benzene rings is 1. The Morgan fingerprint density at radius 3 is 2.89 bits per heavy atom. The third-order valence-corrected chi connectivity index (χ3v) is 5.62. The van der Waals surface area contributed by atoms with Crippen molar-refractivity contribution in [2.45, 2.75) is 45.2 Å². The molecule has 3 rings (SSSR count). The van der Waals surface area contributed by atoms with Crippen LogP contribution in [-0.2, 0) is 11.3 Å². The zero-order valence-corrected chi connectivity index (χ0v) is 16.9. The number of fused-ring (bicyclic) bond motifs is 1. The second kappa shape index (κ2) is 10.2. The van der Waals surface area contributed by atoms with Crippen molar-refractivity contribution in [3.05, 3.63) is 40.8 Å². The van der Waals surface area contributed by atoms with Gasteiger partial charge in [-0.3, -0.25) is 4.79 Å². The van der Waals surface area contributed by atoms with Gasteiger partial charge in [0.05, 0.1) is 17.5 Å². The minimum Gasteiger partial charge on any atom is -0.396 e. The average Bonchev–Trinajstić information content (AvgIpc) is 3.11. The van der Waals surface area contributed by atoms with E-state index in [1.807, 2.05) is 30.3 Å². The van der Waals surface area contributed by atoms with Gasteiger partial charge in [0.15, 0.2) is 10.9 Å². The SMILES string of the molecule is CC1NC(CCO)=Nc2nc(NCCCCC(=O)NCc3ccccc3)sc21. The third-order valence-electron chi connectivity index (χ3n) is 4.44. The third kappa shape index (κ3) is 5.77. The van der Waals surface area contributed by atoms with Crippen LogP contribution in [0.3, 0.4) is 0 Å². The van der Waals surface area contributed by atoms with Crippen molar-refractivity contribution in [3.8, 4) is 0 Å². The summed E-state index contributed by atoms with van der Waals surface area (Å²) in [7, 11) is 0. The molecule has 1 aromatic heterocycles. The predicted molar refractivity (Wildman–Crippen MR) is 113 cm³/mol. The Labute approximate surface area is 169 Å². The number of amidine groups is 1. The molecular formula is C20H27N5O2S. The van der Waals surface area contributed by atoms with Gasteiger partial charge in [-0.05, 0) is 25.3 Å². The summed E-state index contributed by atoms with van der Waals surface area (Å²) in [4.78, 5) is 22.0. The highest BCUT2D eigenvalue weighted by molar-refractivity contribution is 7.16. The average molecular weight is 402 g/mol. The van der Waals surface area contributed by atoms with Crippen LogP contribution in [0.2, 0.25) is 0 Å². The normalized spacial score (nSPS) is 15.4. The lowest BCUT2D eigenvalue weighted by atomic mass is 10.2. The van der Waals surface area contributed by atoms with Gasteiger partial charge in [-0.2, -0.15) is 0 Å². The maximum absolute atomic E-state index is 11.9. The van der Waals surface area contributed by atoms with E-state index in [0.29, 0.717) is 19.4 Å². The van der Waals surface area contributed by atoms with Crippen LogP contribution in [0.1, 0.15) is 49.1 Å². The van der Waals surface area contributed by atoms with Gasteiger partial charge in [0.1, 0.15) is 5.84 Å². The number of nitrogens with one attached hydrogen (secondary N) is 3. The van der Waals surface area contributed by atoms with Crippen LogP contribution in [0.4, 0.5) is 10.9 Å². The first-order valence-corrected chi connectivity index (χ1v) is 10.5. The largest absolute Gasteiger partial charge is 0.396 e. The number of carbonyl (C=O) groups is 1. The van der Waals surface area contributed by atoms with Crippen molar-refractivity contribution in [3.63, 3.8) is 0 Å². The summed E-state index contributed by atoms with van der Waals surface area (Å²) in [6, 6.07) is 10.1. The lowest BCUT2D eigenvalue weighted by molar-refractivity contribution is -0.121. The Hall–Kier alpha value is -2.45. The number of thiazole rings is 1. The van der Waals surface area contributed by atoms with Crippen molar-refractivity contribution in [2.75, 3.05) is 18.5 Å². The van der Waals surface area contributed by atoms with Gasteiger partial charge < -0.3 is 21.1 Å². The van der Waals surface area contributed by atoms with Crippen molar-refractivity contribution >= 4 is 34.0 Å². The van der Waals surface area contributed by atoms with Crippen LogP contribution in [0.25, 0.3) is 0 Å². The first-order valence-electron chi connectivity index (χ1n) is 9.66. The molecule has 7 nitrogen and oxygen atoms in total. The highest BCUT2D eigenvalue weighted by Crippen LogP contribution is 2.36. The molecule has 0 fully saturated rings. The molecule has 0 aliphatic carbocycles. The van der Waals surface area contributed by atoms with Crippen LogP contribution in [0, 0.1) is 0 Å². The Balaban J connectivity index is 1.36. The van der Waals surface area contributed by atoms with Gasteiger partial charge in [0.25, 0.3) is 0 Å². The maximum atomic E-state index is 11.9. The summed E-state index contributed by atoms with van der Waals surface area (Å²) >= 11 is 1.60. The fraction of sp³-hybridized carbons (Fsp3) is 0.450. The fourth-order valence-corrected chi connectivity index (χ4v) is 3.89. The topological polar surface area (TPSA) is 98.6 Å². The number of unbranched alkanes of at least 4 members (excludes halogenated alkanes) is 1. The van der Waals surface area contributed by atoms with E-state index in [1.54, 1.807) is 11.3 Å². The van der Waals surface area contributed by atoms with Gasteiger partial charge in [-0.15, -0.1) is 0 Å². The van der Waals surface area contributed by atoms with E-state index in [-0.39, 0.29) is 18.6 Å². The summed E-state index contributed by atoms with van der Waals surface area (Å²) in [6.07, 6.45) is 2.76. The number of carbonyl (C=O) groups excluding carboxylic acids is 1. The highest BCUT2D eigenvalue weighted by Gasteiger charge is 2.22. The van der Waals surface area contributed by atoms with E-state index in [9.17, 15) is 4.79 Å². The zero-order valence-electron chi connectivity index (χ0n) is 16.1. The van der Waals surface area contributed by atoms with Gasteiger partial charge in [-0.25, -0.2) is 9.98 Å². The van der Waals surface area contributed by atoms with Crippen LogP contribution in [-0.4, -0.2) is 35.0 Å². The number of hydrogen-bond acceptors (Lipinski definition) is 7. The molecule has 8 heteroatoms. The number of amides is 1. The van der Waals surface area contributed by atoms with E-state index in [4.69, 9.17) is 5.11 Å². The van der Waals surface area contributed by atoms with Crippen LogP contribution in [0.5, 0.6) is 0 Å². The number of nitrogens with zero attached hydrogens (tertiary/aromatic N) is 2. The number of anilines is 1. The molecule has 0 spiro atoms. The molecule has 2 aromatic rings. The number of rotatable bonds is 10. The minimum atomic E-state index is 0.0715. The molecule has 1 aliphatic heterocycles. The molecule has 1 amide bonds. The summed E-state index contributed by atoms with van der Waals surface area (Å²) < 4.78 is 0. The summed E-state index contributed by atoms with van der Waals surface area (Å²) in [5.74, 6) is 1.60. The van der Waals surface area contributed by atoms with Crippen molar-refractivity contribution < 1.29 is 9.90 Å². The van der Waals surface area contributed by atoms with Crippen LogP contribution < -0.4 is 16.0 Å². The van der Waals surface area contributed by atoms with Crippen molar-refractivity contribution in [1.82, 2.24) is 15.6 Å². The monoisotopic (exact) mass is 401 g/mol. The molecule has 1 atom stereocenters. The van der Waals surface area contributed by atoms with Crippen LogP contribution >= 0.6 is 11.3 Å². The standard InChI is InChI=1S/C20H27N5O2S/c1-14-18-19(24-16(23-14)10-12-26)25-20(28-18)21-11-6-5-9-17(27)22-13-15-7-3-2-4-8-15/h2-4,7-8,14,26H,5-6,9-13H2,1H3,(H,21,25)(H,22,27)(H,23,24).